The van der Waals surface area contributed by atoms with Crippen molar-refractivity contribution in [2.75, 3.05) is 5.32 Å². The van der Waals surface area contributed by atoms with Gasteiger partial charge in [0.05, 0.1) is 0 Å². The molecule has 1 heterocycles. The Hall–Kier alpha value is -1.95. The summed E-state index contributed by atoms with van der Waals surface area (Å²) in [6.07, 6.45) is 0. The van der Waals surface area contributed by atoms with Gasteiger partial charge in [0.2, 0.25) is 5.95 Å². The number of amides is 1. The van der Waals surface area contributed by atoms with Gasteiger partial charge in [0.15, 0.2) is 0 Å². The first-order chi connectivity index (χ1) is 10.6. The lowest BCUT2D eigenvalue weighted by Gasteiger charge is -2.20. The van der Waals surface area contributed by atoms with Gasteiger partial charge in [-0.1, -0.05) is 15.9 Å². The molecular formula is C17H21BrN4O. The summed E-state index contributed by atoms with van der Waals surface area (Å²) in [6, 6.07) is 7.56. The molecule has 1 amide bonds. The summed E-state index contributed by atoms with van der Waals surface area (Å²) < 4.78 is 1.04. The van der Waals surface area contributed by atoms with Crippen LogP contribution >= 0.6 is 15.9 Å². The molecule has 0 unspecified atom stereocenters. The molecule has 1 aromatic heterocycles. The van der Waals surface area contributed by atoms with Crippen molar-refractivity contribution in [1.29, 1.82) is 0 Å². The SMILES string of the molecule is Cc1cc(C(=O)NC(C)(C)C)nc(Nc2ccc(Br)c(C)c2)n1. The highest BCUT2D eigenvalue weighted by molar-refractivity contribution is 9.10. The van der Waals surface area contributed by atoms with E-state index in [2.05, 4.69) is 36.5 Å². The minimum Gasteiger partial charge on any atom is -0.346 e. The number of halogens is 1. The summed E-state index contributed by atoms with van der Waals surface area (Å²) in [4.78, 5) is 20.9. The zero-order chi connectivity index (χ0) is 17.2. The van der Waals surface area contributed by atoms with Crippen LogP contribution in [0, 0.1) is 13.8 Å². The summed E-state index contributed by atoms with van der Waals surface area (Å²) in [5, 5.41) is 6.05. The molecule has 23 heavy (non-hydrogen) atoms. The number of hydrogen-bond donors (Lipinski definition) is 2. The minimum absolute atomic E-state index is 0.210. The van der Waals surface area contributed by atoms with Crippen LogP contribution in [-0.2, 0) is 0 Å². The highest BCUT2D eigenvalue weighted by Crippen LogP contribution is 2.22. The average molecular weight is 377 g/mol. The van der Waals surface area contributed by atoms with Crippen molar-refractivity contribution >= 4 is 33.5 Å². The Morgan fingerprint density at radius 1 is 1.13 bits per heavy atom. The predicted octanol–water partition coefficient (Wildman–Crippen LogP) is 4.13. The van der Waals surface area contributed by atoms with E-state index in [1.54, 1.807) is 6.07 Å². The second-order valence-electron chi connectivity index (χ2n) is 6.51. The van der Waals surface area contributed by atoms with Crippen LogP contribution in [-0.4, -0.2) is 21.4 Å². The largest absolute Gasteiger partial charge is 0.346 e. The Morgan fingerprint density at radius 3 is 2.43 bits per heavy atom. The van der Waals surface area contributed by atoms with Crippen LogP contribution in [0.5, 0.6) is 0 Å². The lowest BCUT2D eigenvalue weighted by Crippen LogP contribution is -2.41. The van der Waals surface area contributed by atoms with Gasteiger partial charge in [0.25, 0.3) is 5.91 Å². The van der Waals surface area contributed by atoms with Crippen molar-refractivity contribution in [2.24, 2.45) is 0 Å². The standard InChI is InChI=1S/C17H21BrN4O/c1-10-8-12(6-7-13(10)18)20-16-19-11(2)9-14(21-16)15(23)22-17(3,4)5/h6-9H,1-5H3,(H,22,23)(H,19,20,21). The van der Waals surface area contributed by atoms with Gasteiger partial charge >= 0.3 is 0 Å². The van der Waals surface area contributed by atoms with Crippen molar-refractivity contribution in [3.8, 4) is 0 Å². The number of nitrogens with one attached hydrogen (secondary N) is 2. The lowest BCUT2D eigenvalue weighted by molar-refractivity contribution is 0.0914. The molecule has 0 aliphatic carbocycles. The van der Waals surface area contributed by atoms with Gasteiger partial charge in [0, 0.05) is 21.4 Å². The summed E-state index contributed by atoms with van der Waals surface area (Å²) in [5.74, 6) is 0.198. The Bertz CT molecular complexity index is 738. The predicted molar refractivity (Wildman–Crippen MR) is 96.1 cm³/mol. The lowest BCUT2D eigenvalue weighted by atomic mass is 10.1. The number of aromatic nitrogens is 2. The molecule has 0 saturated heterocycles. The Kier molecular flexibility index (Phi) is 5.04. The van der Waals surface area contributed by atoms with Gasteiger partial charge in [-0.3, -0.25) is 4.79 Å². The number of nitrogens with zero attached hydrogens (tertiary/aromatic N) is 2. The van der Waals surface area contributed by atoms with Crippen molar-refractivity contribution in [1.82, 2.24) is 15.3 Å². The van der Waals surface area contributed by atoms with E-state index in [9.17, 15) is 4.79 Å². The van der Waals surface area contributed by atoms with Crippen molar-refractivity contribution < 1.29 is 4.79 Å². The number of hydrogen-bond acceptors (Lipinski definition) is 4. The van der Waals surface area contributed by atoms with Gasteiger partial charge in [-0.25, -0.2) is 9.97 Å². The minimum atomic E-state index is -0.313. The summed E-state index contributed by atoms with van der Waals surface area (Å²) in [7, 11) is 0. The van der Waals surface area contributed by atoms with Gasteiger partial charge in [-0.2, -0.15) is 0 Å². The average Bonchev–Trinajstić information content (AvgIpc) is 2.40. The molecule has 0 radical (unpaired) electrons. The van der Waals surface area contributed by atoms with E-state index in [0.717, 1.165) is 21.4 Å². The highest BCUT2D eigenvalue weighted by atomic mass is 79.9. The first-order valence-electron chi connectivity index (χ1n) is 7.35. The van der Waals surface area contributed by atoms with Gasteiger partial charge < -0.3 is 10.6 Å². The van der Waals surface area contributed by atoms with Crippen LogP contribution in [0.3, 0.4) is 0 Å². The van der Waals surface area contributed by atoms with Crippen LogP contribution in [0.1, 0.15) is 42.5 Å². The van der Waals surface area contributed by atoms with E-state index in [0.29, 0.717) is 11.6 Å². The van der Waals surface area contributed by atoms with E-state index in [1.165, 1.54) is 0 Å². The second kappa shape index (κ2) is 6.66. The van der Waals surface area contributed by atoms with E-state index < -0.39 is 0 Å². The Labute approximate surface area is 145 Å². The molecule has 2 N–H and O–H groups in total. The Morgan fingerprint density at radius 2 is 1.83 bits per heavy atom. The van der Waals surface area contributed by atoms with E-state index >= 15 is 0 Å². The van der Waals surface area contributed by atoms with Crippen LogP contribution in [0.2, 0.25) is 0 Å². The van der Waals surface area contributed by atoms with E-state index in [1.807, 2.05) is 52.8 Å². The number of aryl methyl sites for hydroxylation is 2. The molecule has 2 aromatic rings. The molecule has 0 bridgehead atoms. The number of carbonyl (C=O) groups excluding carboxylic acids is 1. The maximum absolute atomic E-state index is 12.3. The fraction of sp³-hybridized carbons (Fsp3) is 0.353. The number of benzene rings is 1. The van der Waals surface area contributed by atoms with Crippen molar-refractivity contribution in [2.45, 2.75) is 40.2 Å². The molecule has 0 aliphatic heterocycles. The molecule has 0 atom stereocenters. The van der Waals surface area contributed by atoms with Crippen molar-refractivity contribution in [3.05, 3.63) is 45.7 Å². The summed E-state index contributed by atoms with van der Waals surface area (Å²) in [6.45, 7) is 9.65. The molecule has 122 valence electrons. The normalized spacial score (nSPS) is 11.2. The third-order valence-electron chi connectivity index (χ3n) is 2.99. The van der Waals surface area contributed by atoms with Crippen LogP contribution in [0.25, 0.3) is 0 Å². The molecule has 0 aliphatic rings. The fourth-order valence-electron chi connectivity index (χ4n) is 2.00. The topological polar surface area (TPSA) is 66.9 Å². The monoisotopic (exact) mass is 376 g/mol. The second-order valence-corrected chi connectivity index (χ2v) is 7.37. The maximum atomic E-state index is 12.3. The molecule has 5 nitrogen and oxygen atoms in total. The molecular weight excluding hydrogens is 356 g/mol. The van der Waals surface area contributed by atoms with Crippen molar-refractivity contribution in [3.63, 3.8) is 0 Å². The van der Waals surface area contributed by atoms with Crippen LogP contribution in [0.15, 0.2) is 28.7 Å². The van der Waals surface area contributed by atoms with E-state index in [-0.39, 0.29) is 11.4 Å². The maximum Gasteiger partial charge on any atom is 0.270 e. The van der Waals surface area contributed by atoms with Gasteiger partial charge in [-0.05, 0) is 64.4 Å². The van der Waals surface area contributed by atoms with Crippen LogP contribution in [0.4, 0.5) is 11.6 Å². The first kappa shape index (κ1) is 17.4. The highest BCUT2D eigenvalue weighted by Gasteiger charge is 2.17. The van der Waals surface area contributed by atoms with Gasteiger partial charge in [-0.15, -0.1) is 0 Å². The number of anilines is 2. The summed E-state index contributed by atoms with van der Waals surface area (Å²) in [5.41, 5.74) is 2.75. The fourth-order valence-corrected chi connectivity index (χ4v) is 2.24. The third-order valence-corrected chi connectivity index (χ3v) is 3.88. The zero-order valence-electron chi connectivity index (χ0n) is 14.0. The third kappa shape index (κ3) is 5.03. The molecule has 1 aromatic carbocycles. The van der Waals surface area contributed by atoms with E-state index in [4.69, 9.17) is 0 Å². The molecule has 0 fully saturated rings. The van der Waals surface area contributed by atoms with Crippen LogP contribution < -0.4 is 10.6 Å². The quantitative estimate of drug-likeness (QED) is 0.844. The molecule has 0 saturated carbocycles. The molecule has 0 spiro atoms. The summed E-state index contributed by atoms with van der Waals surface area (Å²) >= 11 is 3.47. The smallest absolute Gasteiger partial charge is 0.270 e. The Balaban J connectivity index is 2.26. The van der Waals surface area contributed by atoms with Gasteiger partial charge in [0.1, 0.15) is 5.69 Å². The zero-order valence-corrected chi connectivity index (χ0v) is 15.6. The molecule has 6 heteroatoms. The molecule has 2 rings (SSSR count). The number of rotatable bonds is 3. The first-order valence-corrected chi connectivity index (χ1v) is 8.15. The number of carbonyl (C=O) groups is 1.